The third-order valence-corrected chi connectivity index (χ3v) is 0.955. The first kappa shape index (κ1) is 8.01. The normalized spacial score (nSPS) is 15.1. The highest BCUT2D eigenvalue weighted by molar-refractivity contribution is 5.53. The zero-order valence-corrected chi connectivity index (χ0v) is 5.08. The molecule has 1 saturated carbocycles. The second-order valence-electron chi connectivity index (χ2n) is 1.86. The van der Waals surface area contributed by atoms with Crippen molar-refractivity contribution in [2.45, 2.75) is 12.8 Å². The molecular formula is C6H10O3. The average molecular weight is 130 g/mol. The first-order chi connectivity index (χ1) is 4.16. The van der Waals surface area contributed by atoms with Gasteiger partial charge >= 0.3 is 6.16 Å². The van der Waals surface area contributed by atoms with Gasteiger partial charge in [0.1, 0.15) is 0 Å². The fraction of sp³-hybridized carbons (Fsp3) is 0.500. The standard InChI is InChI=1S/C5H8.CH2O3/c1-2-5-3-4-5;2-1(3)4/h2,5H,1,3-4H2;(H2,2,3,4). The monoisotopic (exact) mass is 130 g/mol. The van der Waals surface area contributed by atoms with E-state index in [1.54, 1.807) is 0 Å². The number of allylic oxidation sites excluding steroid dienone is 1. The lowest BCUT2D eigenvalue weighted by atomic mass is 10.4. The summed E-state index contributed by atoms with van der Waals surface area (Å²) in [6.45, 7) is 3.62. The van der Waals surface area contributed by atoms with Crippen molar-refractivity contribution >= 4 is 6.16 Å². The molecule has 3 nitrogen and oxygen atoms in total. The van der Waals surface area contributed by atoms with E-state index in [1.165, 1.54) is 12.8 Å². The summed E-state index contributed by atoms with van der Waals surface area (Å²) in [5.41, 5.74) is 0. The van der Waals surface area contributed by atoms with Crippen LogP contribution in [0.25, 0.3) is 0 Å². The molecular weight excluding hydrogens is 120 g/mol. The highest BCUT2D eigenvalue weighted by Gasteiger charge is 2.15. The van der Waals surface area contributed by atoms with Gasteiger partial charge in [-0.2, -0.15) is 0 Å². The van der Waals surface area contributed by atoms with Crippen LogP contribution >= 0.6 is 0 Å². The minimum Gasteiger partial charge on any atom is -0.450 e. The van der Waals surface area contributed by atoms with Gasteiger partial charge in [-0.25, -0.2) is 4.79 Å². The highest BCUT2D eigenvalue weighted by Crippen LogP contribution is 2.28. The van der Waals surface area contributed by atoms with Gasteiger partial charge in [0.2, 0.25) is 0 Å². The Morgan fingerprint density at radius 1 is 1.56 bits per heavy atom. The van der Waals surface area contributed by atoms with Crippen LogP contribution in [0.4, 0.5) is 4.79 Å². The molecule has 0 amide bonds. The Hall–Kier alpha value is -0.990. The van der Waals surface area contributed by atoms with Crippen molar-refractivity contribution in [2.24, 2.45) is 5.92 Å². The van der Waals surface area contributed by atoms with E-state index in [2.05, 4.69) is 6.58 Å². The molecule has 2 N–H and O–H groups in total. The van der Waals surface area contributed by atoms with E-state index in [-0.39, 0.29) is 0 Å². The first-order valence-electron chi connectivity index (χ1n) is 2.71. The van der Waals surface area contributed by atoms with E-state index >= 15 is 0 Å². The van der Waals surface area contributed by atoms with Gasteiger partial charge in [0, 0.05) is 0 Å². The van der Waals surface area contributed by atoms with Crippen LogP contribution < -0.4 is 0 Å². The van der Waals surface area contributed by atoms with Gasteiger partial charge in [-0.15, -0.1) is 6.58 Å². The summed E-state index contributed by atoms with van der Waals surface area (Å²) in [6.07, 6.45) is 2.98. The van der Waals surface area contributed by atoms with Gasteiger partial charge in [0.05, 0.1) is 0 Å². The number of hydrogen-bond donors (Lipinski definition) is 2. The summed E-state index contributed by atoms with van der Waals surface area (Å²) >= 11 is 0. The van der Waals surface area contributed by atoms with Crippen molar-refractivity contribution in [3.63, 3.8) is 0 Å². The molecule has 0 bridgehead atoms. The first-order valence-corrected chi connectivity index (χ1v) is 2.71. The second kappa shape index (κ2) is 3.95. The predicted octanol–water partition coefficient (Wildman–Crippen LogP) is 1.80. The summed E-state index contributed by atoms with van der Waals surface area (Å²) in [4.78, 5) is 8.56. The van der Waals surface area contributed by atoms with E-state index < -0.39 is 6.16 Å². The van der Waals surface area contributed by atoms with Crippen LogP contribution in [0, 0.1) is 5.92 Å². The van der Waals surface area contributed by atoms with Crippen molar-refractivity contribution in [3.8, 4) is 0 Å². The molecule has 52 valence electrons. The van der Waals surface area contributed by atoms with Crippen molar-refractivity contribution in [1.29, 1.82) is 0 Å². The summed E-state index contributed by atoms with van der Waals surface area (Å²) in [6, 6.07) is 0. The minimum absolute atomic E-state index is 0.898. The third kappa shape index (κ3) is 10.9. The Bertz CT molecular complexity index is 101. The van der Waals surface area contributed by atoms with Gasteiger partial charge in [0.15, 0.2) is 0 Å². The highest BCUT2D eigenvalue weighted by atomic mass is 16.6. The van der Waals surface area contributed by atoms with Crippen molar-refractivity contribution in [2.75, 3.05) is 0 Å². The zero-order chi connectivity index (χ0) is 7.28. The number of carboxylic acid groups (broad SMARTS) is 2. The molecule has 3 heteroatoms. The maximum absolute atomic E-state index is 8.56. The van der Waals surface area contributed by atoms with Gasteiger partial charge in [-0.1, -0.05) is 6.08 Å². The minimum atomic E-state index is -1.83. The molecule has 9 heavy (non-hydrogen) atoms. The molecule has 0 atom stereocenters. The molecule has 0 spiro atoms. The Kier molecular flexibility index (Phi) is 3.51. The molecule has 1 aliphatic rings. The summed E-state index contributed by atoms with van der Waals surface area (Å²) in [7, 11) is 0. The topological polar surface area (TPSA) is 57.5 Å². The van der Waals surface area contributed by atoms with Crippen LogP contribution in [-0.4, -0.2) is 16.4 Å². The van der Waals surface area contributed by atoms with Gasteiger partial charge in [-0.3, -0.25) is 0 Å². The summed E-state index contributed by atoms with van der Waals surface area (Å²) in [5.74, 6) is 0.898. The maximum Gasteiger partial charge on any atom is 0.503 e. The van der Waals surface area contributed by atoms with Crippen molar-refractivity contribution < 1.29 is 15.0 Å². The Balaban J connectivity index is 0.000000148. The molecule has 0 aromatic rings. The SMILES string of the molecule is C=CC1CC1.O=C(O)O. The molecule has 1 aliphatic carbocycles. The number of carbonyl (C=O) groups is 1. The van der Waals surface area contributed by atoms with Gasteiger partial charge in [0.25, 0.3) is 0 Å². The third-order valence-electron chi connectivity index (χ3n) is 0.955. The lowest BCUT2D eigenvalue weighted by Crippen LogP contribution is -1.81. The smallest absolute Gasteiger partial charge is 0.450 e. The quantitative estimate of drug-likeness (QED) is 0.532. The van der Waals surface area contributed by atoms with E-state index in [9.17, 15) is 0 Å². The Morgan fingerprint density at radius 2 is 1.89 bits per heavy atom. The van der Waals surface area contributed by atoms with E-state index in [0.29, 0.717) is 0 Å². The van der Waals surface area contributed by atoms with Crippen LogP contribution in [-0.2, 0) is 0 Å². The number of hydrogen-bond acceptors (Lipinski definition) is 1. The average Bonchev–Trinajstić information content (AvgIpc) is 2.43. The molecule has 1 fully saturated rings. The van der Waals surface area contributed by atoms with Crippen LogP contribution in [0.2, 0.25) is 0 Å². The van der Waals surface area contributed by atoms with E-state index in [4.69, 9.17) is 15.0 Å². The summed E-state index contributed by atoms with van der Waals surface area (Å²) in [5, 5.41) is 13.9. The van der Waals surface area contributed by atoms with Crippen molar-refractivity contribution in [3.05, 3.63) is 12.7 Å². The van der Waals surface area contributed by atoms with Crippen LogP contribution in [0.1, 0.15) is 12.8 Å². The lowest BCUT2D eigenvalue weighted by Gasteiger charge is -1.63. The van der Waals surface area contributed by atoms with Crippen LogP contribution in [0.5, 0.6) is 0 Å². The number of rotatable bonds is 1. The van der Waals surface area contributed by atoms with Crippen molar-refractivity contribution in [1.82, 2.24) is 0 Å². The van der Waals surface area contributed by atoms with E-state index in [0.717, 1.165) is 5.92 Å². The van der Waals surface area contributed by atoms with Crippen LogP contribution in [0.3, 0.4) is 0 Å². The Labute approximate surface area is 53.6 Å². The molecule has 0 aromatic heterocycles. The Morgan fingerprint density at radius 3 is 1.89 bits per heavy atom. The summed E-state index contributed by atoms with van der Waals surface area (Å²) < 4.78 is 0. The molecule has 0 radical (unpaired) electrons. The predicted molar refractivity (Wildman–Crippen MR) is 33.6 cm³/mol. The zero-order valence-electron chi connectivity index (χ0n) is 5.08. The fourth-order valence-electron chi connectivity index (χ4n) is 0.332. The molecule has 0 aromatic carbocycles. The lowest BCUT2D eigenvalue weighted by molar-refractivity contribution is 0.137. The fourth-order valence-corrected chi connectivity index (χ4v) is 0.332. The van der Waals surface area contributed by atoms with Gasteiger partial charge in [-0.05, 0) is 18.8 Å². The molecule has 1 rings (SSSR count). The largest absolute Gasteiger partial charge is 0.503 e. The molecule has 0 aliphatic heterocycles. The molecule has 0 saturated heterocycles. The van der Waals surface area contributed by atoms with Gasteiger partial charge < -0.3 is 10.2 Å². The molecule has 0 unspecified atom stereocenters. The van der Waals surface area contributed by atoms with E-state index in [1.807, 2.05) is 6.08 Å². The maximum atomic E-state index is 8.56. The second-order valence-corrected chi connectivity index (χ2v) is 1.86. The molecule has 0 heterocycles. The van der Waals surface area contributed by atoms with Crippen LogP contribution in [0.15, 0.2) is 12.7 Å².